The van der Waals surface area contributed by atoms with Gasteiger partial charge in [-0.05, 0) is 42.0 Å². The van der Waals surface area contributed by atoms with Gasteiger partial charge >= 0.3 is 0 Å². The van der Waals surface area contributed by atoms with Gasteiger partial charge in [0.1, 0.15) is 0 Å². The van der Waals surface area contributed by atoms with Crippen LogP contribution in [0.4, 0.5) is 0 Å². The van der Waals surface area contributed by atoms with Gasteiger partial charge in [0.25, 0.3) is 5.91 Å². The number of amides is 1. The zero-order valence-corrected chi connectivity index (χ0v) is 15.2. The van der Waals surface area contributed by atoms with Gasteiger partial charge in [0.15, 0.2) is 0 Å². The van der Waals surface area contributed by atoms with Gasteiger partial charge in [-0.1, -0.05) is 54.1 Å². The summed E-state index contributed by atoms with van der Waals surface area (Å²) in [6.07, 6.45) is 1.68. The summed E-state index contributed by atoms with van der Waals surface area (Å²) in [6.45, 7) is 1.85. The molecule has 3 rings (SSSR count). The van der Waals surface area contributed by atoms with Crippen molar-refractivity contribution in [2.45, 2.75) is 17.1 Å². The lowest BCUT2D eigenvalue weighted by Gasteiger charge is -2.09. The molecule has 0 aromatic heterocycles. The minimum atomic E-state index is -0.258. The Morgan fingerprint density at radius 3 is 2.60 bits per heavy atom. The maximum Gasteiger partial charge on any atom is 0.253 e. The third-order valence-corrected chi connectivity index (χ3v) is 5.06. The number of fused-ring (bicyclic) bond motifs is 1. The first-order valence-corrected chi connectivity index (χ1v) is 9.12. The first-order valence-electron chi connectivity index (χ1n) is 7.86. The van der Waals surface area contributed by atoms with E-state index in [0.717, 1.165) is 21.2 Å². The van der Waals surface area contributed by atoms with Gasteiger partial charge in [-0.2, -0.15) is 5.10 Å². The number of thioether (sulfide) groups is 1. The number of hydrogen-bond acceptors (Lipinski definition) is 3. The summed E-state index contributed by atoms with van der Waals surface area (Å²) in [6, 6.07) is 21.5. The van der Waals surface area contributed by atoms with Gasteiger partial charge in [-0.3, -0.25) is 4.79 Å². The van der Waals surface area contributed by atoms with Gasteiger partial charge < -0.3 is 0 Å². The van der Waals surface area contributed by atoms with Crippen molar-refractivity contribution < 1.29 is 4.79 Å². The number of halogens is 1. The number of carbonyl (C=O) groups is 1. The molecular weight excluding hydrogens is 352 g/mol. The monoisotopic (exact) mass is 368 g/mol. The fourth-order valence-electron chi connectivity index (χ4n) is 2.39. The Balaban J connectivity index is 1.62. The third-order valence-electron chi connectivity index (χ3n) is 3.70. The highest BCUT2D eigenvalue weighted by atomic mass is 35.5. The van der Waals surface area contributed by atoms with Crippen LogP contribution in [0.15, 0.2) is 76.7 Å². The second-order valence-electron chi connectivity index (χ2n) is 5.52. The standard InChI is InChI=1S/C20H17ClN2OS/c1-14(25-18-11-9-17(21)10-12-18)20(24)23-22-13-16-7-4-6-15-5-2-3-8-19(15)16/h2-14H,1H3,(H,23,24)/b22-13-/t14-/m0/s1. The summed E-state index contributed by atoms with van der Waals surface area (Å²) in [4.78, 5) is 13.2. The third kappa shape index (κ3) is 4.62. The van der Waals surface area contributed by atoms with Crippen molar-refractivity contribution in [3.8, 4) is 0 Å². The molecule has 126 valence electrons. The van der Waals surface area contributed by atoms with Crippen LogP contribution in [-0.4, -0.2) is 17.4 Å². The summed E-state index contributed by atoms with van der Waals surface area (Å²) >= 11 is 7.34. The fourth-order valence-corrected chi connectivity index (χ4v) is 3.38. The highest BCUT2D eigenvalue weighted by molar-refractivity contribution is 8.00. The first-order chi connectivity index (χ1) is 12.1. The van der Waals surface area contributed by atoms with Crippen LogP contribution in [0.25, 0.3) is 10.8 Å². The Kier molecular flexibility index (Phi) is 5.74. The van der Waals surface area contributed by atoms with E-state index in [4.69, 9.17) is 11.6 Å². The van der Waals surface area contributed by atoms with Gasteiger partial charge in [-0.15, -0.1) is 11.8 Å². The molecule has 1 atom stereocenters. The normalized spacial score (nSPS) is 12.4. The van der Waals surface area contributed by atoms with Crippen LogP contribution in [0.1, 0.15) is 12.5 Å². The molecule has 0 aliphatic rings. The summed E-state index contributed by atoms with van der Waals surface area (Å²) in [5.41, 5.74) is 3.58. The SMILES string of the molecule is C[C@H](Sc1ccc(Cl)cc1)C(=O)N/N=C\c1cccc2ccccc12. The number of benzene rings is 3. The summed E-state index contributed by atoms with van der Waals surface area (Å²) in [5.74, 6) is -0.142. The number of hydrogen-bond donors (Lipinski definition) is 1. The van der Waals surface area contributed by atoms with Gasteiger partial charge in [0.05, 0.1) is 11.5 Å². The van der Waals surface area contributed by atoms with Crippen molar-refractivity contribution >= 4 is 46.3 Å². The molecule has 0 radical (unpaired) electrons. The second-order valence-corrected chi connectivity index (χ2v) is 7.37. The zero-order chi connectivity index (χ0) is 17.6. The van der Waals surface area contributed by atoms with E-state index in [9.17, 15) is 4.79 Å². The van der Waals surface area contributed by atoms with Crippen LogP contribution in [-0.2, 0) is 4.79 Å². The molecule has 0 fully saturated rings. The molecule has 1 amide bonds. The van der Waals surface area contributed by atoms with E-state index in [2.05, 4.69) is 22.7 Å². The molecule has 0 bridgehead atoms. The van der Waals surface area contributed by atoms with Crippen molar-refractivity contribution in [2.24, 2.45) is 5.10 Å². The number of rotatable bonds is 5. The minimum Gasteiger partial charge on any atom is -0.272 e. The lowest BCUT2D eigenvalue weighted by molar-refractivity contribution is -0.120. The molecule has 0 saturated heterocycles. The molecule has 3 nitrogen and oxygen atoms in total. The van der Waals surface area contributed by atoms with Crippen LogP contribution < -0.4 is 5.43 Å². The van der Waals surface area contributed by atoms with Crippen molar-refractivity contribution in [1.82, 2.24) is 5.43 Å². The summed E-state index contributed by atoms with van der Waals surface area (Å²) in [7, 11) is 0. The summed E-state index contributed by atoms with van der Waals surface area (Å²) < 4.78 is 0. The van der Waals surface area contributed by atoms with Crippen LogP contribution in [0, 0.1) is 0 Å². The lowest BCUT2D eigenvalue weighted by atomic mass is 10.1. The second kappa shape index (κ2) is 8.19. The molecule has 1 N–H and O–H groups in total. The zero-order valence-electron chi connectivity index (χ0n) is 13.6. The topological polar surface area (TPSA) is 41.5 Å². The van der Waals surface area contributed by atoms with Crippen molar-refractivity contribution in [3.05, 3.63) is 77.3 Å². The predicted molar refractivity (Wildman–Crippen MR) is 106 cm³/mol. The molecule has 5 heteroatoms. The van der Waals surface area contributed by atoms with Crippen LogP contribution >= 0.6 is 23.4 Å². The van der Waals surface area contributed by atoms with Crippen molar-refractivity contribution in [1.29, 1.82) is 0 Å². The maximum absolute atomic E-state index is 12.2. The van der Waals surface area contributed by atoms with E-state index in [0.29, 0.717) is 5.02 Å². The average molecular weight is 369 g/mol. The molecule has 0 aliphatic carbocycles. The molecule has 0 spiro atoms. The quantitative estimate of drug-likeness (QED) is 0.385. The number of carbonyl (C=O) groups excluding carboxylic acids is 1. The Bertz CT molecular complexity index is 904. The van der Waals surface area contributed by atoms with E-state index in [1.165, 1.54) is 11.8 Å². The fraction of sp³-hybridized carbons (Fsp3) is 0.100. The number of nitrogens with one attached hydrogen (secondary N) is 1. The lowest BCUT2D eigenvalue weighted by Crippen LogP contribution is -2.26. The molecule has 0 aliphatic heterocycles. The van der Waals surface area contributed by atoms with E-state index in [-0.39, 0.29) is 11.2 Å². The molecule has 0 heterocycles. The van der Waals surface area contributed by atoms with Gasteiger partial charge in [0.2, 0.25) is 0 Å². The molecular formula is C20H17ClN2OS. The minimum absolute atomic E-state index is 0.142. The van der Waals surface area contributed by atoms with Crippen LogP contribution in [0.3, 0.4) is 0 Å². The smallest absolute Gasteiger partial charge is 0.253 e. The highest BCUT2D eigenvalue weighted by Gasteiger charge is 2.13. The molecule has 0 saturated carbocycles. The summed E-state index contributed by atoms with van der Waals surface area (Å²) in [5, 5.41) is 6.78. The van der Waals surface area contributed by atoms with E-state index in [1.54, 1.807) is 6.21 Å². The number of nitrogens with zero attached hydrogens (tertiary/aromatic N) is 1. The van der Waals surface area contributed by atoms with E-state index >= 15 is 0 Å². The average Bonchev–Trinajstić information content (AvgIpc) is 2.63. The Morgan fingerprint density at radius 1 is 1.08 bits per heavy atom. The van der Waals surface area contributed by atoms with E-state index in [1.807, 2.05) is 61.5 Å². The van der Waals surface area contributed by atoms with Crippen molar-refractivity contribution in [2.75, 3.05) is 0 Å². The Hall–Kier alpha value is -2.30. The molecule has 3 aromatic carbocycles. The van der Waals surface area contributed by atoms with Crippen LogP contribution in [0.5, 0.6) is 0 Å². The van der Waals surface area contributed by atoms with Crippen LogP contribution in [0.2, 0.25) is 5.02 Å². The molecule has 0 unspecified atom stereocenters. The largest absolute Gasteiger partial charge is 0.272 e. The maximum atomic E-state index is 12.2. The molecule has 25 heavy (non-hydrogen) atoms. The molecule has 3 aromatic rings. The first kappa shape index (κ1) is 17.5. The Morgan fingerprint density at radius 2 is 1.80 bits per heavy atom. The number of hydrazone groups is 1. The Labute approximate surface area is 156 Å². The highest BCUT2D eigenvalue weighted by Crippen LogP contribution is 2.24. The van der Waals surface area contributed by atoms with E-state index < -0.39 is 0 Å². The van der Waals surface area contributed by atoms with Crippen molar-refractivity contribution in [3.63, 3.8) is 0 Å². The van der Waals surface area contributed by atoms with Gasteiger partial charge in [-0.25, -0.2) is 5.43 Å². The predicted octanol–water partition coefficient (Wildman–Crippen LogP) is 5.12. The van der Waals surface area contributed by atoms with Gasteiger partial charge in [0, 0.05) is 15.5 Å².